The number of amides is 1. The lowest BCUT2D eigenvalue weighted by atomic mass is 10.1. The molecule has 2 aliphatic heterocycles. The van der Waals surface area contributed by atoms with Gasteiger partial charge in [0.1, 0.15) is 12.1 Å². The Kier molecular flexibility index (Phi) is 4.79. The monoisotopic (exact) mass is 353 g/mol. The smallest absolute Gasteiger partial charge is 0.255 e. The Morgan fingerprint density at radius 3 is 2.69 bits per heavy atom. The summed E-state index contributed by atoms with van der Waals surface area (Å²) in [5.74, 6) is 1.04. The number of hydrogen-bond donors (Lipinski definition) is 0. The predicted octanol–water partition coefficient (Wildman–Crippen LogP) is 1.26. The number of aromatic nitrogens is 3. The Bertz CT molecular complexity index is 804. The van der Waals surface area contributed by atoms with Gasteiger partial charge in [-0.05, 0) is 25.0 Å². The maximum absolute atomic E-state index is 12.9. The molecule has 136 valence electrons. The summed E-state index contributed by atoms with van der Waals surface area (Å²) in [7, 11) is 0. The van der Waals surface area contributed by atoms with Gasteiger partial charge in [0.2, 0.25) is 0 Å². The largest absolute Gasteiger partial charge is 0.378 e. The molecule has 0 unspecified atom stereocenters. The van der Waals surface area contributed by atoms with E-state index in [1.807, 2.05) is 17.9 Å². The maximum Gasteiger partial charge on any atom is 0.255 e. The van der Waals surface area contributed by atoms with Gasteiger partial charge in [0.05, 0.1) is 24.5 Å². The third-order valence-electron chi connectivity index (χ3n) is 4.98. The molecule has 0 aliphatic carbocycles. The van der Waals surface area contributed by atoms with Crippen molar-refractivity contribution in [3.05, 3.63) is 47.2 Å². The van der Waals surface area contributed by atoms with E-state index in [1.54, 1.807) is 18.7 Å². The standard InChI is InChI=1S/C19H23N5O2/c1-14-10-15(12-20-11-14)19(25)24-4-2-16-17(3-5-24)21-13-22-18(16)23-6-8-26-9-7-23/h10-13H,2-9H2,1H3. The summed E-state index contributed by atoms with van der Waals surface area (Å²) >= 11 is 0. The zero-order valence-electron chi connectivity index (χ0n) is 15.0. The van der Waals surface area contributed by atoms with Crippen molar-refractivity contribution in [2.24, 2.45) is 0 Å². The van der Waals surface area contributed by atoms with E-state index in [-0.39, 0.29) is 5.91 Å². The molecule has 7 heteroatoms. The molecule has 4 heterocycles. The fourth-order valence-corrected chi connectivity index (χ4v) is 3.61. The highest BCUT2D eigenvalue weighted by molar-refractivity contribution is 5.94. The molecule has 7 nitrogen and oxygen atoms in total. The molecule has 0 saturated carbocycles. The Morgan fingerprint density at radius 1 is 1.08 bits per heavy atom. The van der Waals surface area contributed by atoms with Crippen LogP contribution >= 0.6 is 0 Å². The van der Waals surface area contributed by atoms with Crippen LogP contribution in [0.2, 0.25) is 0 Å². The van der Waals surface area contributed by atoms with E-state index in [0.717, 1.165) is 56.2 Å². The van der Waals surface area contributed by atoms with Crippen LogP contribution in [0.25, 0.3) is 0 Å². The molecule has 0 atom stereocenters. The highest BCUT2D eigenvalue weighted by Gasteiger charge is 2.25. The minimum atomic E-state index is 0.0369. The van der Waals surface area contributed by atoms with Crippen LogP contribution in [0.4, 0.5) is 5.82 Å². The molecule has 0 bridgehead atoms. The average molecular weight is 353 g/mol. The minimum absolute atomic E-state index is 0.0369. The van der Waals surface area contributed by atoms with Crippen LogP contribution < -0.4 is 4.90 Å². The number of pyridine rings is 1. The number of nitrogens with zero attached hydrogens (tertiary/aromatic N) is 5. The second-order valence-corrected chi connectivity index (χ2v) is 6.77. The van der Waals surface area contributed by atoms with E-state index in [4.69, 9.17) is 4.74 Å². The van der Waals surface area contributed by atoms with Gasteiger partial charge < -0.3 is 14.5 Å². The van der Waals surface area contributed by atoms with Crippen LogP contribution in [0.3, 0.4) is 0 Å². The van der Waals surface area contributed by atoms with Gasteiger partial charge in [-0.1, -0.05) is 0 Å². The number of anilines is 1. The normalized spacial score (nSPS) is 17.6. The van der Waals surface area contributed by atoms with Crippen molar-refractivity contribution in [1.29, 1.82) is 0 Å². The molecule has 2 aliphatic rings. The van der Waals surface area contributed by atoms with E-state index in [2.05, 4.69) is 19.9 Å². The molecule has 0 spiro atoms. The topological polar surface area (TPSA) is 71.5 Å². The fraction of sp³-hybridized carbons (Fsp3) is 0.474. The molecule has 2 aromatic rings. The van der Waals surface area contributed by atoms with Gasteiger partial charge in [0.25, 0.3) is 5.91 Å². The third-order valence-corrected chi connectivity index (χ3v) is 4.98. The van der Waals surface area contributed by atoms with Crippen molar-refractivity contribution in [1.82, 2.24) is 19.9 Å². The number of rotatable bonds is 2. The number of aryl methyl sites for hydroxylation is 1. The van der Waals surface area contributed by atoms with Gasteiger partial charge in [-0.2, -0.15) is 0 Å². The SMILES string of the molecule is Cc1cncc(C(=O)N2CCc3ncnc(N4CCOCC4)c3CC2)c1. The lowest BCUT2D eigenvalue weighted by Gasteiger charge is -2.29. The second-order valence-electron chi connectivity index (χ2n) is 6.77. The zero-order valence-corrected chi connectivity index (χ0v) is 15.0. The molecule has 1 amide bonds. The average Bonchev–Trinajstić information content (AvgIpc) is 2.91. The van der Waals surface area contributed by atoms with Gasteiger partial charge in [-0.15, -0.1) is 0 Å². The number of carbonyl (C=O) groups is 1. The van der Waals surface area contributed by atoms with Gasteiger partial charge in [0.15, 0.2) is 0 Å². The molecule has 1 saturated heterocycles. The van der Waals surface area contributed by atoms with Gasteiger partial charge in [-0.25, -0.2) is 9.97 Å². The minimum Gasteiger partial charge on any atom is -0.378 e. The molecule has 0 N–H and O–H groups in total. The summed E-state index contributed by atoms with van der Waals surface area (Å²) in [6, 6.07) is 1.90. The van der Waals surface area contributed by atoms with Crippen molar-refractivity contribution in [2.45, 2.75) is 19.8 Å². The molecule has 4 rings (SSSR count). The number of ether oxygens (including phenoxy) is 1. The summed E-state index contributed by atoms with van der Waals surface area (Å²) in [6.45, 7) is 6.44. The summed E-state index contributed by atoms with van der Waals surface area (Å²) in [6.07, 6.45) is 6.57. The van der Waals surface area contributed by atoms with Crippen molar-refractivity contribution >= 4 is 11.7 Å². The highest BCUT2D eigenvalue weighted by Crippen LogP contribution is 2.25. The van der Waals surface area contributed by atoms with Crippen LogP contribution in [0, 0.1) is 6.92 Å². The fourth-order valence-electron chi connectivity index (χ4n) is 3.61. The summed E-state index contributed by atoms with van der Waals surface area (Å²) in [4.78, 5) is 30.2. The number of morpholine rings is 1. The molecular weight excluding hydrogens is 330 g/mol. The third kappa shape index (κ3) is 3.39. The van der Waals surface area contributed by atoms with Gasteiger partial charge in [0, 0.05) is 50.6 Å². The molecule has 2 aromatic heterocycles. The first-order valence-corrected chi connectivity index (χ1v) is 9.09. The number of fused-ring (bicyclic) bond motifs is 1. The van der Waals surface area contributed by atoms with E-state index in [1.165, 1.54) is 5.56 Å². The molecule has 26 heavy (non-hydrogen) atoms. The lowest BCUT2D eigenvalue weighted by Crippen LogP contribution is -2.37. The molecule has 1 fully saturated rings. The Hall–Kier alpha value is -2.54. The maximum atomic E-state index is 12.9. The van der Waals surface area contributed by atoms with Crippen molar-refractivity contribution in [3.8, 4) is 0 Å². The Morgan fingerprint density at radius 2 is 1.88 bits per heavy atom. The second kappa shape index (κ2) is 7.37. The molecule has 0 radical (unpaired) electrons. The van der Waals surface area contributed by atoms with E-state index >= 15 is 0 Å². The van der Waals surface area contributed by atoms with Crippen molar-refractivity contribution in [2.75, 3.05) is 44.3 Å². The van der Waals surface area contributed by atoms with Gasteiger partial charge in [-0.3, -0.25) is 9.78 Å². The molecular formula is C19H23N5O2. The first-order valence-electron chi connectivity index (χ1n) is 9.09. The van der Waals surface area contributed by atoms with E-state index in [9.17, 15) is 4.79 Å². The van der Waals surface area contributed by atoms with Crippen LogP contribution in [-0.4, -0.2) is 65.2 Å². The number of hydrogen-bond acceptors (Lipinski definition) is 6. The zero-order chi connectivity index (χ0) is 17.9. The van der Waals surface area contributed by atoms with Crippen molar-refractivity contribution in [3.63, 3.8) is 0 Å². The summed E-state index contributed by atoms with van der Waals surface area (Å²) in [5.41, 5.74) is 3.87. The quantitative estimate of drug-likeness (QED) is 0.809. The first-order chi connectivity index (χ1) is 12.7. The van der Waals surface area contributed by atoms with Gasteiger partial charge >= 0.3 is 0 Å². The van der Waals surface area contributed by atoms with Crippen LogP contribution in [0.1, 0.15) is 27.2 Å². The van der Waals surface area contributed by atoms with Crippen LogP contribution in [0.15, 0.2) is 24.8 Å². The lowest BCUT2D eigenvalue weighted by molar-refractivity contribution is 0.0762. The van der Waals surface area contributed by atoms with E-state index < -0.39 is 0 Å². The Labute approximate surface area is 153 Å². The van der Waals surface area contributed by atoms with Crippen molar-refractivity contribution < 1.29 is 9.53 Å². The number of carbonyl (C=O) groups excluding carboxylic acids is 1. The summed E-state index contributed by atoms with van der Waals surface area (Å²) in [5, 5.41) is 0. The highest BCUT2D eigenvalue weighted by atomic mass is 16.5. The molecule has 0 aromatic carbocycles. The summed E-state index contributed by atoms with van der Waals surface area (Å²) < 4.78 is 5.45. The predicted molar refractivity (Wildman–Crippen MR) is 97.3 cm³/mol. The van der Waals surface area contributed by atoms with E-state index in [0.29, 0.717) is 18.7 Å². The first kappa shape index (κ1) is 16.9. The van der Waals surface area contributed by atoms with Crippen LogP contribution in [-0.2, 0) is 17.6 Å². The van der Waals surface area contributed by atoms with Crippen LogP contribution in [0.5, 0.6) is 0 Å². The Balaban J connectivity index is 1.54.